The molecular formula is C11H13BrN6. The van der Waals surface area contributed by atoms with Crippen LogP contribution >= 0.6 is 15.9 Å². The van der Waals surface area contributed by atoms with Crippen molar-refractivity contribution in [1.29, 1.82) is 0 Å². The molecule has 1 aliphatic rings. The molecule has 0 saturated carbocycles. The van der Waals surface area contributed by atoms with Crippen molar-refractivity contribution in [3.8, 4) is 0 Å². The highest BCUT2D eigenvalue weighted by atomic mass is 79.9. The van der Waals surface area contributed by atoms with Gasteiger partial charge >= 0.3 is 0 Å². The van der Waals surface area contributed by atoms with Gasteiger partial charge in [-0.25, -0.2) is 9.67 Å². The first kappa shape index (κ1) is 11.7. The van der Waals surface area contributed by atoms with E-state index in [9.17, 15) is 0 Å². The van der Waals surface area contributed by atoms with Gasteiger partial charge in [-0.05, 0) is 40.9 Å². The van der Waals surface area contributed by atoms with Gasteiger partial charge in [-0.15, -0.1) is 5.10 Å². The maximum Gasteiger partial charge on any atom is 0.143 e. The largest absolute Gasteiger partial charge is 0.302 e. The van der Waals surface area contributed by atoms with Gasteiger partial charge in [0.1, 0.15) is 16.8 Å². The van der Waals surface area contributed by atoms with E-state index in [1.165, 1.54) is 0 Å². The fraction of sp³-hybridized carbons (Fsp3) is 0.455. The number of nitrogens with one attached hydrogen (secondary N) is 1. The molecule has 0 bridgehead atoms. The summed E-state index contributed by atoms with van der Waals surface area (Å²) in [6, 6.07) is 4.11. The van der Waals surface area contributed by atoms with Gasteiger partial charge in [0.05, 0.1) is 11.7 Å². The van der Waals surface area contributed by atoms with Crippen LogP contribution in [0.15, 0.2) is 23.1 Å². The second kappa shape index (κ2) is 5.11. The maximum absolute atomic E-state index is 4.31. The average Bonchev–Trinajstić information content (AvgIpc) is 2.87. The maximum atomic E-state index is 4.31. The van der Waals surface area contributed by atoms with Gasteiger partial charge in [-0.1, -0.05) is 0 Å². The molecule has 1 N–H and O–H groups in total. The number of hydrogen-bond acceptors (Lipinski definition) is 5. The molecule has 18 heavy (non-hydrogen) atoms. The molecule has 0 spiro atoms. The van der Waals surface area contributed by atoms with E-state index in [1.54, 1.807) is 6.33 Å². The summed E-state index contributed by atoms with van der Waals surface area (Å²) in [6.07, 6.45) is 3.83. The van der Waals surface area contributed by atoms with E-state index in [1.807, 2.05) is 16.8 Å². The normalized spacial score (nSPS) is 18.6. The lowest BCUT2D eigenvalue weighted by atomic mass is 10.1. The quantitative estimate of drug-likeness (QED) is 0.929. The highest BCUT2D eigenvalue weighted by Crippen LogP contribution is 2.22. The molecule has 94 valence electrons. The van der Waals surface area contributed by atoms with Gasteiger partial charge in [0.2, 0.25) is 0 Å². The summed E-state index contributed by atoms with van der Waals surface area (Å²) in [5.41, 5.74) is 0.926. The molecule has 0 aliphatic carbocycles. The summed E-state index contributed by atoms with van der Waals surface area (Å²) >= 11 is 3.27. The van der Waals surface area contributed by atoms with E-state index >= 15 is 0 Å². The second-order valence-corrected chi connectivity index (χ2v) is 5.08. The van der Waals surface area contributed by atoms with Crippen molar-refractivity contribution >= 4 is 15.9 Å². The zero-order valence-electron chi connectivity index (χ0n) is 9.75. The van der Waals surface area contributed by atoms with Crippen LogP contribution in [0, 0.1) is 0 Å². The van der Waals surface area contributed by atoms with Crippen LogP contribution < -0.4 is 5.32 Å². The topological polar surface area (TPSA) is 68.5 Å². The van der Waals surface area contributed by atoms with Crippen LogP contribution in [0.5, 0.6) is 0 Å². The van der Waals surface area contributed by atoms with Crippen LogP contribution in [0.4, 0.5) is 0 Å². The van der Waals surface area contributed by atoms with E-state index in [0.29, 0.717) is 6.54 Å². The van der Waals surface area contributed by atoms with Crippen LogP contribution in [0.2, 0.25) is 0 Å². The monoisotopic (exact) mass is 308 g/mol. The van der Waals surface area contributed by atoms with Crippen LogP contribution in [-0.2, 0) is 13.1 Å². The van der Waals surface area contributed by atoms with Crippen molar-refractivity contribution in [3.63, 3.8) is 0 Å². The molecule has 6 nitrogen and oxygen atoms in total. The third-order valence-electron chi connectivity index (χ3n) is 3.04. The third-order valence-corrected chi connectivity index (χ3v) is 3.46. The summed E-state index contributed by atoms with van der Waals surface area (Å²) in [6.45, 7) is 1.66. The number of hydrogen-bond donors (Lipinski definition) is 1. The van der Waals surface area contributed by atoms with Crippen LogP contribution in [0.25, 0.3) is 0 Å². The van der Waals surface area contributed by atoms with Crippen molar-refractivity contribution in [3.05, 3.63) is 34.6 Å². The Balaban J connectivity index is 1.66. The number of rotatable bonds is 3. The summed E-state index contributed by atoms with van der Waals surface area (Å²) in [7, 11) is 0. The van der Waals surface area contributed by atoms with Crippen molar-refractivity contribution in [2.24, 2.45) is 0 Å². The SMILES string of the molecule is Brc1ccc(CN[C@@H]2CCCn3ncnc32)nn1. The fourth-order valence-electron chi connectivity index (χ4n) is 2.15. The highest BCUT2D eigenvalue weighted by Gasteiger charge is 2.21. The predicted octanol–water partition coefficient (Wildman–Crippen LogP) is 1.46. The Bertz CT molecular complexity index is 523. The molecule has 0 unspecified atom stereocenters. The lowest BCUT2D eigenvalue weighted by molar-refractivity contribution is 0.365. The fourth-order valence-corrected chi connectivity index (χ4v) is 2.36. The molecule has 0 radical (unpaired) electrons. The Morgan fingerprint density at radius 3 is 3.17 bits per heavy atom. The van der Waals surface area contributed by atoms with Crippen LogP contribution in [0.3, 0.4) is 0 Å². The molecule has 1 aliphatic heterocycles. The van der Waals surface area contributed by atoms with Gasteiger partial charge in [0, 0.05) is 13.1 Å². The van der Waals surface area contributed by atoms with E-state index in [0.717, 1.165) is 35.5 Å². The Labute approximate surface area is 113 Å². The minimum atomic E-state index is 0.256. The summed E-state index contributed by atoms with van der Waals surface area (Å²) < 4.78 is 2.72. The molecule has 0 saturated heterocycles. The second-order valence-electron chi connectivity index (χ2n) is 4.26. The van der Waals surface area contributed by atoms with Crippen molar-refractivity contribution in [2.75, 3.05) is 0 Å². The van der Waals surface area contributed by atoms with E-state index < -0.39 is 0 Å². The Hall–Kier alpha value is -1.34. The Morgan fingerprint density at radius 1 is 1.39 bits per heavy atom. The smallest absolute Gasteiger partial charge is 0.143 e. The standard InChI is InChI=1S/C11H13BrN6/c12-10-4-3-8(16-17-10)6-13-9-2-1-5-18-11(9)14-7-15-18/h3-4,7,9,13H,1-2,5-6H2/t9-/m1/s1. The molecule has 2 aromatic heterocycles. The molecule has 3 rings (SSSR count). The van der Waals surface area contributed by atoms with Gasteiger partial charge in [-0.2, -0.15) is 10.2 Å². The Kier molecular flexibility index (Phi) is 3.33. The van der Waals surface area contributed by atoms with Crippen LogP contribution in [0.1, 0.15) is 30.4 Å². The van der Waals surface area contributed by atoms with E-state index in [4.69, 9.17) is 0 Å². The highest BCUT2D eigenvalue weighted by molar-refractivity contribution is 9.10. The van der Waals surface area contributed by atoms with Gasteiger partial charge in [0.25, 0.3) is 0 Å². The zero-order valence-corrected chi connectivity index (χ0v) is 11.3. The third kappa shape index (κ3) is 2.41. The van der Waals surface area contributed by atoms with Crippen molar-refractivity contribution in [1.82, 2.24) is 30.3 Å². The molecular weight excluding hydrogens is 296 g/mol. The summed E-state index contributed by atoms with van der Waals surface area (Å²) in [4.78, 5) is 4.31. The first-order valence-electron chi connectivity index (χ1n) is 5.92. The number of fused-ring (bicyclic) bond motifs is 1. The van der Waals surface area contributed by atoms with Gasteiger partial charge in [0.15, 0.2) is 0 Å². The summed E-state index contributed by atoms with van der Waals surface area (Å²) in [5.74, 6) is 1.02. The lowest BCUT2D eigenvalue weighted by Crippen LogP contribution is -2.28. The molecule has 2 aromatic rings. The first-order chi connectivity index (χ1) is 8.83. The average molecular weight is 309 g/mol. The lowest BCUT2D eigenvalue weighted by Gasteiger charge is -2.22. The number of aryl methyl sites for hydroxylation is 1. The predicted molar refractivity (Wildman–Crippen MR) is 68.6 cm³/mol. The number of halogens is 1. The van der Waals surface area contributed by atoms with Crippen LogP contribution in [-0.4, -0.2) is 25.0 Å². The number of aromatic nitrogens is 5. The zero-order chi connectivity index (χ0) is 12.4. The summed E-state index contributed by atoms with van der Waals surface area (Å²) in [5, 5.41) is 15.7. The van der Waals surface area contributed by atoms with E-state index in [-0.39, 0.29) is 6.04 Å². The molecule has 0 fully saturated rings. The van der Waals surface area contributed by atoms with Gasteiger partial charge < -0.3 is 5.32 Å². The minimum Gasteiger partial charge on any atom is -0.302 e. The molecule has 1 atom stereocenters. The minimum absolute atomic E-state index is 0.256. The molecule has 0 aromatic carbocycles. The van der Waals surface area contributed by atoms with Gasteiger partial charge in [-0.3, -0.25) is 0 Å². The van der Waals surface area contributed by atoms with E-state index in [2.05, 4.69) is 41.5 Å². The number of nitrogens with zero attached hydrogens (tertiary/aromatic N) is 5. The van der Waals surface area contributed by atoms with Crippen molar-refractivity contribution in [2.45, 2.75) is 32.0 Å². The molecule has 3 heterocycles. The Morgan fingerprint density at radius 2 is 2.33 bits per heavy atom. The molecule has 7 heteroatoms. The van der Waals surface area contributed by atoms with Crippen molar-refractivity contribution < 1.29 is 0 Å². The molecule has 0 amide bonds. The first-order valence-corrected chi connectivity index (χ1v) is 6.71.